The number of aryl methyl sites for hydroxylation is 1. The second-order valence-electron chi connectivity index (χ2n) is 8.67. The van der Waals surface area contributed by atoms with Gasteiger partial charge < -0.3 is 29.6 Å². The summed E-state index contributed by atoms with van der Waals surface area (Å²) in [4.78, 5) is 32.8. The summed E-state index contributed by atoms with van der Waals surface area (Å²) < 4.78 is 36.2. The monoisotopic (exact) mass is 588 g/mol. The van der Waals surface area contributed by atoms with Gasteiger partial charge in [-0.2, -0.15) is 9.97 Å². The normalized spacial score (nSPS) is 12.2. The molecule has 2 atom stereocenters. The minimum Gasteiger partial charge on any atom is -0.481 e. The maximum Gasteiger partial charge on any atom is 0.343 e. The molecule has 41 heavy (non-hydrogen) atoms. The second-order valence-corrected chi connectivity index (χ2v) is 8.67. The molecule has 14 heteroatoms. The summed E-state index contributed by atoms with van der Waals surface area (Å²) in [5.74, 6) is -0.612. The van der Waals surface area contributed by atoms with E-state index in [1.54, 1.807) is 12.1 Å². The molecule has 2 aromatic heterocycles. The van der Waals surface area contributed by atoms with Gasteiger partial charge in [0.05, 0.1) is 12.2 Å². The van der Waals surface area contributed by atoms with Gasteiger partial charge in [-0.25, -0.2) is 9.18 Å². The van der Waals surface area contributed by atoms with Crippen molar-refractivity contribution >= 4 is 24.3 Å². The molecule has 218 valence electrons. The highest BCUT2D eigenvalue weighted by Crippen LogP contribution is 2.28. The Morgan fingerprint density at radius 1 is 1.00 bits per heavy atom. The van der Waals surface area contributed by atoms with E-state index in [9.17, 15) is 14.0 Å². The van der Waals surface area contributed by atoms with Gasteiger partial charge in [0.15, 0.2) is 12.3 Å². The molecule has 0 radical (unpaired) electrons. The van der Waals surface area contributed by atoms with Gasteiger partial charge >= 0.3 is 5.97 Å². The van der Waals surface area contributed by atoms with Crippen molar-refractivity contribution in [1.82, 2.24) is 25.6 Å². The summed E-state index contributed by atoms with van der Waals surface area (Å²) in [5.41, 5.74) is 6.37. The van der Waals surface area contributed by atoms with Crippen molar-refractivity contribution in [2.45, 2.75) is 52.3 Å². The number of amides is 1. The Bertz CT molecular complexity index is 1460. The number of benzene rings is 2. The van der Waals surface area contributed by atoms with Crippen molar-refractivity contribution < 1.29 is 32.5 Å². The number of hydrogen-bond donors (Lipinski definition) is 2. The molecule has 0 aliphatic rings. The minimum absolute atomic E-state index is 0. The van der Waals surface area contributed by atoms with E-state index in [1.807, 2.05) is 32.9 Å². The van der Waals surface area contributed by atoms with E-state index in [0.29, 0.717) is 36.7 Å². The SMILES string of the molecule is CCCOC(=O)[C@@H](N)NC(=O)c1ccc(-c2noc(C(CC)Oc3ccc(-c4noc(CC)n4)cc3)n2)cc1F.Cl. The van der Waals surface area contributed by atoms with Crippen molar-refractivity contribution in [1.29, 1.82) is 0 Å². The zero-order chi connectivity index (χ0) is 28.6. The lowest BCUT2D eigenvalue weighted by molar-refractivity contribution is -0.145. The minimum atomic E-state index is -1.42. The summed E-state index contributed by atoms with van der Waals surface area (Å²) >= 11 is 0. The van der Waals surface area contributed by atoms with Crippen molar-refractivity contribution in [3.63, 3.8) is 0 Å². The number of hydrogen-bond acceptors (Lipinski definition) is 11. The second kappa shape index (κ2) is 14.3. The van der Waals surface area contributed by atoms with Crippen molar-refractivity contribution in [2.75, 3.05) is 6.61 Å². The molecular formula is C27H30ClFN6O6. The number of esters is 1. The first-order valence-electron chi connectivity index (χ1n) is 12.8. The van der Waals surface area contributed by atoms with Gasteiger partial charge in [-0.3, -0.25) is 4.79 Å². The van der Waals surface area contributed by atoms with Gasteiger partial charge in [0.25, 0.3) is 11.8 Å². The van der Waals surface area contributed by atoms with Gasteiger partial charge in [0.2, 0.25) is 17.5 Å². The molecule has 0 aliphatic carbocycles. The maximum atomic E-state index is 14.8. The summed E-state index contributed by atoms with van der Waals surface area (Å²) in [7, 11) is 0. The molecule has 2 heterocycles. The zero-order valence-electron chi connectivity index (χ0n) is 22.6. The van der Waals surface area contributed by atoms with Crippen LogP contribution in [0.3, 0.4) is 0 Å². The molecule has 0 aliphatic heterocycles. The van der Waals surface area contributed by atoms with Crippen LogP contribution in [0.2, 0.25) is 0 Å². The smallest absolute Gasteiger partial charge is 0.343 e. The van der Waals surface area contributed by atoms with Crippen LogP contribution in [-0.2, 0) is 16.0 Å². The van der Waals surface area contributed by atoms with E-state index < -0.39 is 30.0 Å². The first-order valence-corrected chi connectivity index (χ1v) is 12.8. The molecule has 0 fully saturated rings. The molecule has 0 spiro atoms. The molecular weight excluding hydrogens is 559 g/mol. The van der Waals surface area contributed by atoms with Crippen LogP contribution in [0.15, 0.2) is 51.5 Å². The van der Waals surface area contributed by atoms with E-state index in [0.717, 1.165) is 11.6 Å². The Balaban J connectivity index is 0.00000462. The van der Waals surface area contributed by atoms with Gasteiger partial charge in [-0.15, -0.1) is 12.4 Å². The van der Waals surface area contributed by atoms with Crippen LogP contribution in [0.4, 0.5) is 4.39 Å². The molecule has 1 amide bonds. The first kappa shape index (κ1) is 31.2. The van der Waals surface area contributed by atoms with E-state index >= 15 is 0 Å². The predicted molar refractivity (Wildman–Crippen MR) is 146 cm³/mol. The summed E-state index contributed by atoms with van der Waals surface area (Å²) in [5, 5.41) is 10.1. The van der Waals surface area contributed by atoms with E-state index in [1.165, 1.54) is 12.1 Å². The van der Waals surface area contributed by atoms with Crippen molar-refractivity contribution in [3.05, 3.63) is 65.6 Å². The standard InChI is InChI=1S/C27H29FN6O6.ClH/c1-4-13-37-27(36)22(29)31-25(35)18-12-9-16(14-19(18)28)24-32-26(40-34-24)20(5-2)38-17-10-7-15(8-11-17)23-30-21(6-3)39-33-23;/h7-12,14,20,22H,4-6,13,29H2,1-3H3,(H,31,35);1H/t20?,22-;/m0./s1. The average Bonchev–Trinajstić information content (AvgIpc) is 3.65. The van der Waals surface area contributed by atoms with Crippen LogP contribution in [0.1, 0.15) is 61.9 Å². The Hall–Kier alpha value is -4.36. The maximum absolute atomic E-state index is 14.8. The number of carbonyl (C=O) groups is 2. The number of ether oxygens (including phenoxy) is 2. The van der Waals surface area contributed by atoms with Gasteiger partial charge in [0.1, 0.15) is 11.6 Å². The lowest BCUT2D eigenvalue weighted by Gasteiger charge is -2.13. The Kier molecular flexibility index (Phi) is 10.9. The lowest BCUT2D eigenvalue weighted by Crippen LogP contribution is -2.48. The van der Waals surface area contributed by atoms with Gasteiger partial charge in [0, 0.05) is 17.5 Å². The number of halogens is 2. The fourth-order valence-corrected chi connectivity index (χ4v) is 3.56. The van der Waals surface area contributed by atoms with Crippen LogP contribution < -0.4 is 15.8 Å². The number of nitrogens with zero attached hydrogens (tertiary/aromatic N) is 4. The number of aromatic nitrogens is 4. The Morgan fingerprint density at radius 3 is 2.32 bits per heavy atom. The third-order valence-corrected chi connectivity index (χ3v) is 5.71. The van der Waals surface area contributed by atoms with Crippen LogP contribution >= 0.6 is 12.4 Å². The molecule has 1 unspecified atom stereocenters. The van der Waals surface area contributed by atoms with Gasteiger partial charge in [-0.1, -0.05) is 37.2 Å². The molecule has 4 aromatic rings. The third kappa shape index (κ3) is 7.64. The summed E-state index contributed by atoms with van der Waals surface area (Å²) in [6, 6.07) is 10.9. The molecule has 12 nitrogen and oxygen atoms in total. The predicted octanol–water partition coefficient (Wildman–Crippen LogP) is 4.41. The highest BCUT2D eigenvalue weighted by molar-refractivity contribution is 5.97. The fourth-order valence-electron chi connectivity index (χ4n) is 3.56. The van der Waals surface area contributed by atoms with Crippen LogP contribution in [0.25, 0.3) is 22.8 Å². The molecule has 0 bridgehead atoms. The van der Waals surface area contributed by atoms with E-state index in [4.69, 9.17) is 24.3 Å². The molecule has 0 saturated carbocycles. The fraction of sp³-hybridized carbons (Fsp3) is 0.333. The Morgan fingerprint density at radius 2 is 1.68 bits per heavy atom. The van der Waals surface area contributed by atoms with Crippen LogP contribution in [0, 0.1) is 5.82 Å². The highest BCUT2D eigenvalue weighted by atomic mass is 35.5. The Labute approximate surface area is 241 Å². The average molecular weight is 589 g/mol. The number of nitrogens with one attached hydrogen (secondary N) is 1. The molecule has 4 rings (SSSR count). The highest BCUT2D eigenvalue weighted by Gasteiger charge is 2.23. The largest absolute Gasteiger partial charge is 0.481 e. The molecule has 3 N–H and O–H groups in total. The lowest BCUT2D eigenvalue weighted by atomic mass is 10.1. The van der Waals surface area contributed by atoms with Crippen molar-refractivity contribution in [2.24, 2.45) is 5.73 Å². The number of carbonyl (C=O) groups excluding carboxylic acids is 2. The number of nitrogens with two attached hydrogens (primary N) is 1. The summed E-state index contributed by atoms with van der Waals surface area (Å²) in [6.45, 7) is 5.80. The third-order valence-electron chi connectivity index (χ3n) is 5.71. The quantitative estimate of drug-likeness (QED) is 0.177. The summed E-state index contributed by atoms with van der Waals surface area (Å²) in [6.07, 6.45) is -0.221. The van der Waals surface area contributed by atoms with Crippen LogP contribution in [0.5, 0.6) is 5.75 Å². The van der Waals surface area contributed by atoms with Crippen molar-refractivity contribution in [3.8, 4) is 28.5 Å². The van der Waals surface area contributed by atoms with E-state index in [-0.39, 0.29) is 41.9 Å². The number of rotatable bonds is 12. The first-order chi connectivity index (χ1) is 19.3. The molecule has 0 saturated heterocycles. The molecule has 2 aromatic carbocycles. The topological polar surface area (TPSA) is 168 Å². The van der Waals surface area contributed by atoms with Gasteiger partial charge in [-0.05, 0) is 49.2 Å². The zero-order valence-corrected chi connectivity index (χ0v) is 23.4. The van der Waals surface area contributed by atoms with E-state index in [2.05, 4.69) is 25.6 Å². The van der Waals surface area contributed by atoms with Crippen LogP contribution in [-0.4, -0.2) is 44.9 Å².